The van der Waals surface area contributed by atoms with Crippen LogP contribution in [0.25, 0.3) is 0 Å². The SMILES string of the molecule is Fc1cc2c(cc1Cl)N1C(CCC3CCCCC31)CN2. The molecule has 1 saturated carbocycles. The van der Waals surface area contributed by atoms with E-state index in [9.17, 15) is 4.39 Å². The Kier molecular flexibility index (Phi) is 3.06. The fraction of sp³-hybridized carbons (Fsp3) is 0.625. The van der Waals surface area contributed by atoms with E-state index in [2.05, 4.69) is 10.2 Å². The van der Waals surface area contributed by atoms with E-state index in [1.165, 1.54) is 38.5 Å². The summed E-state index contributed by atoms with van der Waals surface area (Å²) in [5, 5.41) is 3.63. The van der Waals surface area contributed by atoms with Crippen LogP contribution < -0.4 is 10.2 Å². The van der Waals surface area contributed by atoms with Crippen molar-refractivity contribution in [1.82, 2.24) is 0 Å². The highest BCUT2D eigenvalue weighted by Crippen LogP contribution is 2.45. The number of anilines is 2. The molecule has 0 aromatic heterocycles. The number of piperidine rings is 1. The maximum absolute atomic E-state index is 13.7. The number of hydrogen-bond donors (Lipinski definition) is 1. The number of benzene rings is 1. The maximum atomic E-state index is 13.7. The van der Waals surface area contributed by atoms with E-state index in [-0.39, 0.29) is 10.8 Å². The van der Waals surface area contributed by atoms with E-state index >= 15 is 0 Å². The van der Waals surface area contributed by atoms with Gasteiger partial charge in [-0.15, -0.1) is 0 Å². The van der Waals surface area contributed by atoms with Crippen LogP contribution in [0.3, 0.4) is 0 Å². The number of nitrogens with zero attached hydrogens (tertiary/aromatic N) is 1. The highest BCUT2D eigenvalue weighted by molar-refractivity contribution is 6.31. The molecule has 1 N–H and O–H groups in total. The lowest BCUT2D eigenvalue weighted by atomic mass is 9.75. The van der Waals surface area contributed by atoms with Gasteiger partial charge in [-0.2, -0.15) is 0 Å². The van der Waals surface area contributed by atoms with Crippen LogP contribution in [0.5, 0.6) is 0 Å². The first-order valence-corrected chi connectivity index (χ1v) is 8.13. The standard InChI is InChI=1S/C16H20ClFN2/c17-12-7-16-14(8-13(12)18)19-9-11-6-5-10-3-1-2-4-15(10)20(11)16/h7-8,10-11,15,19H,1-6,9H2. The summed E-state index contributed by atoms with van der Waals surface area (Å²) in [4.78, 5) is 2.56. The molecule has 0 amide bonds. The molecule has 3 atom stereocenters. The summed E-state index contributed by atoms with van der Waals surface area (Å²) in [6.07, 6.45) is 7.90. The highest BCUT2D eigenvalue weighted by Gasteiger charge is 2.41. The van der Waals surface area contributed by atoms with E-state index in [0.717, 1.165) is 23.8 Å². The molecule has 3 unspecified atom stereocenters. The summed E-state index contributed by atoms with van der Waals surface area (Å²) < 4.78 is 13.7. The molecule has 1 aliphatic carbocycles. The van der Waals surface area contributed by atoms with Gasteiger partial charge in [0.1, 0.15) is 5.82 Å². The third-order valence-corrected chi connectivity index (χ3v) is 5.62. The first-order chi connectivity index (χ1) is 9.74. The lowest BCUT2D eigenvalue weighted by molar-refractivity contribution is 0.215. The molecule has 4 heteroatoms. The molecular formula is C16H20ClFN2. The van der Waals surface area contributed by atoms with Gasteiger partial charge >= 0.3 is 0 Å². The molecule has 4 rings (SSSR count). The zero-order chi connectivity index (χ0) is 13.7. The number of halogens is 2. The van der Waals surface area contributed by atoms with Crippen LogP contribution in [0.2, 0.25) is 5.02 Å². The number of hydrogen-bond acceptors (Lipinski definition) is 2. The third kappa shape index (κ3) is 1.90. The molecule has 1 saturated heterocycles. The lowest BCUT2D eigenvalue weighted by Gasteiger charge is -2.52. The topological polar surface area (TPSA) is 15.3 Å². The van der Waals surface area contributed by atoms with Crippen LogP contribution in [0.15, 0.2) is 12.1 Å². The van der Waals surface area contributed by atoms with Crippen molar-refractivity contribution in [1.29, 1.82) is 0 Å². The molecule has 0 bridgehead atoms. The molecule has 0 spiro atoms. The Morgan fingerprint density at radius 1 is 1.15 bits per heavy atom. The minimum absolute atomic E-state index is 0.240. The normalized spacial score (nSPS) is 31.9. The predicted octanol–water partition coefficient (Wildman–Crippen LogP) is 4.43. The summed E-state index contributed by atoms with van der Waals surface area (Å²) in [6.45, 7) is 0.928. The molecule has 1 aromatic carbocycles. The molecule has 20 heavy (non-hydrogen) atoms. The Labute approximate surface area is 124 Å². The minimum atomic E-state index is -0.325. The van der Waals surface area contributed by atoms with E-state index in [4.69, 9.17) is 11.6 Å². The Balaban J connectivity index is 1.77. The molecule has 2 aliphatic heterocycles. The second kappa shape index (κ2) is 4.80. The van der Waals surface area contributed by atoms with E-state index in [1.807, 2.05) is 6.07 Å². The van der Waals surface area contributed by atoms with Crippen molar-refractivity contribution >= 4 is 23.0 Å². The maximum Gasteiger partial charge on any atom is 0.143 e. The molecule has 108 valence electrons. The zero-order valence-corrected chi connectivity index (χ0v) is 12.3. The predicted molar refractivity (Wildman–Crippen MR) is 81.1 cm³/mol. The van der Waals surface area contributed by atoms with Gasteiger partial charge in [-0.05, 0) is 37.7 Å². The Morgan fingerprint density at radius 3 is 2.90 bits per heavy atom. The second-order valence-corrected chi connectivity index (χ2v) is 6.82. The van der Waals surface area contributed by atoms with Gasteiger partial charge in [0.2, 0.25) is 0 Å². The van der Waals surface area contributed by atoms with Gasteiger partial charge in [-0.25, -0.2) is 4.39 Å². The summed E-state index contributed by atoms with van der Waals surface area (Å²) in [5.41, 5.74) is 2.03. The lowest BCUT2D eigenvalue weighted by Crippen LogP contribution is -2.56. The van der Waals surface area contributed by atoms with Gasteiger partial charge in [0.25, 0.3) is 0 Å². The zero-order valence-electron chi connectivity index (χ0n) is 11.5. The van der Waals surface area contributed by atoms with Gasteiger partial charge in [0.15, 0.2) is 0 Å². The van der Waals surface area contributed by atoms with Gasteiger partial charge in [-0.3, -0.25) is 0 Å². The van der Waals surface area contributed by atoms with Crippen LogP contribution in [0.4, 0.5) is 15.8 Å². The van der Waals surface area contributed by atoms with E-state index in [0.29, 0.717) is 12.1 Å². The third-order valence-electron chi connectivity index (χ3n) is 5.34. The first kappa shape index (κ1) is 12.8. The van der Waals surface area contributed by atoms with E-state index in [1.54, 1.807) is 6.07 Å². The number of nitrogens with one attached hydrogen (secondary N) is 1. The fourth-order valence-corrected chi connectivity index (χ4v) is 4.56. The summed E-state index contributed by atoms with van der Waals surface area (Å²) in [7, 11) is 0. The quantitative estimate of drug-likeness (QED) is 0.761. The first-order valence-electron chi connectivity index (χ1n) is 7.75. The fourth-order valence-electron chi connectivity index (χ4n) is 4.40. The van der Waals surface area contributed by atoms with Crippen molar-refractivity contribution < 1.29 is 4.39 Å². The smallest absolute Gasteiger partial charge is 0.143 e. The Morgan fingerprint density at radius 2 is 2.00 bits per heavy atom. The molecule has 3 aliphatic rings. The summed E-state index contributed by atoms with van der Waals surface area (Å²) in [5.74, 6) is 0.489. The van der Waals surface area contributed by atoms with Crippen molar-refractivity contribution in [3.63, 3.8) is 0 Å². The monoisotopic (exact) mass is 294 g/mol. The number of rotatable bonds is 0. The van der Waals surface area contributed by atoms with Crippen molar-refractivity contribution in [3.8, 4) is 0 Å². The molecule has 2 fully saturated rings. The van der Waals surface area contributed by atoms with Gasteiger partial charge in [0.05, 0.1) is 16.4 Å². The highest BCUT2D eigenvalue weighted by atomic mass is 35.5. The van der Waals surface area contributed by atoms with Crippen molar-refractivity contribution in [2.45, 2.75) is 50.6 Å². The molecule has 1 aromatic rings. The minimum Gasteiger partial charge on any atom is -0.381 e. The molecule has 0 radical (unpaired) electrons. The van der Waals surface area contributed by atoms with Crippen molar-refractivity contribution in [3.05, 3.63) is 23.0 Å². The second-order valence-electron chi connectivity index (χ2n) is 6.41. The van der Waals surface area contributed by atoms with Crippen LogP contribution in [-0.2, 0) is 0 Å². The van der Waals surface area contributed by atoms with Crippen LogP contribution in [0.1, 0.15) is 38.5 Å². The average Bonchev–Trinajstić information content (AvgIpc) is 2.48. The molecule has 2 heterocycles. The van der Waals surface area contributed by atoms with Gasteiger partial charge in [0, 0.05) is 24.7 Å². The van der Waals surface area contributed by atoms with Crippen LogP contribution in [0, 0.1) is 11.7 Å². The van der Waals surface area contributed by atoms with Crippen molar-refractivity contribution in [2.75, 3.05) is 16.8 Å². The summed E-state index contributed by atoms with van der Waals surface area (Å²) >= 11 is 6.02. The van der Waals surface area contributed by atoms with Crippen LogP contribution in [-0.4, -0.2) is 18.6 Å². The van der Waals surface area contributed by atoms with Crippen LogP contribution >= 0.6 is 11.6 Å². The number of fused-ring (bicyclic) bond motifs is 5. The van der Waals surface area contributed by atoms with Crippen molar-refractivity contribution in [2.24, 2.45) is 5.92 Å². The Bertz CT molecular complexity index is 533. The van der Waals surface area contributed by atoms with Gasteiger partial charge < -0.3 is 10.2 Å². The molecular weight excluding hydrogens is 275 g/mol. The van der Waals surface area contributed by atoms with E-state index < -0.39 is 0 Å². The molecule has 2 nitrogen and oxygen atoms in total. The Hall–Kier alpha value is -0.960. The largest absolute Gasteiger partial charge is 0.381 e. The summed E-state index contributed by atoms with van der Waals surface area (Å²) in [6, 6.07) is 4.55. The van der Waals surface area contributed by atoms with Gasteiger partial charge in [-0.1, -0.05) is 24.4 Å². The average molecular weight is 295 g/mol.